The Morgan fingerprint density at radius 3 is 2.17 bits per heavy atom. The zero-order valence-corrected chi connectivity index (χ0v) is 12.9. The van der Waals surface area contributed by atoms with Crippen LogP contribution in [0.5, 0.6) is 0 Å². The molecule has 0 fully saturated rings. The first-order valence-electron chi connectivity index (χ1n) is 6.13. The van der Waals surface area contributed by atoms with Crippen molar-refractivity contribution in [2.24, 2.45) is 0 Å². The predicted octanol–water partition coefficient (Wildman–Crippen LogP) is 4.72. The third-order valence-electron chi connectivity index (χ3n) is 2.82. The maximum Gasteiger partial charge on any atom is 0.0357 e. The quantitative estimate of drug-likeness (QED) is 0.786. The van der Waals surface area contributed by atoms with Gasteiger partial charge in [-0.3, -0.25) is 0 Å². The van der Waals surface area contributed by atoms with E-state index >= 15 is 0 Å². The van der Waals surface area contributed by atoms with Crippen molar-refractivity contribution in [2.75, 3.05) is 5.32 Å². The lowest BCUT2D eigenvalue weighted by Crippen LogP contribution is -2.33. The van der Waals surface area contributed by atoms with E-state index < -0.39 is 0 Å². The lowest BCUT2D eigenvalue weighted by molar-refractivity contribution is 0.564. The molecule has 0 aliphatic carbocycles. The largest absolute Gasteiger partial charge is 0.380 e. The number of nitrogens with one attached hydrogen (secondary N) is 1. The molecule has 18 heavy (non-hydrogen) atoms. The number of anilines is 1. The fourth-order valence-electron chi connectivity index (χ4n) is 2.07. The summed E-state index contributed by atoms with van der Waals surface area (Å²) in [5.74, 6) is 0. The standard InChI is InChI=1S/C16H18IN/c1-16(2,12-13-6-4-3-5-7-13)18-15-10-8-14(17)9-11-15/h3-11,18H,12H2,1-2H3. The van der Waals surface area contributed by atoms with Crippen LogP contribution in [0, 0.1) is 3.57 Å². The van der Waals surface area contributed by atoms with Gasteiger partial charge in [0.15, 0.2) is 0 Å². The molecule has 94 valence electrons. The van der Waals surface area contributed by atoms with E-state index in [0.29, 0.717) is 0 Å². The van der Waals surface area contributed by atoms with E-state index in [1.54, 1.807) is 0 Å². The predicted molar refractivity (Wildman–Crippen MR) is 87.0 cm³/mol. The van der Waals surface area contributed by atoms with Crippen LogP contribution in [0.2, 0.25) is 0 Å². The van der Waals surface area contributed by atoms with Gasteiger partial charge in [0, 0.05) is 14.8 Å². The van der Waals surface area contributed by atoms with E-state index in [2.05, 4.69) is 96.4 Å². The molecule has 0 bridgehead atoms. The number of hydrogen-bond donors (Lipinski definition) is 1. The van der Waals surface area contributed by atoms with Gasteiger partial charge in [-0.1, -0.05) is 30.3 Å². The van der Waals surface area contributed by atoms with Crippen molar-refractivity contribution in [3.8, 4) is 0 Å². The summed E-state index contributed by atoms with van der Waals surface area (Å²) in [6.07, 6.45) is 1.01. The molecule has 0 spiro atoms. The second-order valence-corrected chi connectivity index (χ2v) is 6.42. The van der Waals surface area contributed by atoms with Crippen LogP contribution in [0.15, 0.2) is 54.6 Å². The molecule has 0 aliphatic rings. The maximum atomic E-state index is 3.59. The van der Waals surface area contributed by atoms with Gasteiger partial charge in [0.1, 0.15) is 0 Å². The lowest BCUT2D eigenvalue weighted by atomic mass is 9.94. The van der Waals surface area contributed by atoms with Gasteiger partial charge in [0.05, 0.1) is 0 Å². The minimum absolute atomic E-state index is 0.0497. The molecular weight excluding hydrogens is 333 g/mol. The molecule has 2 rings (SSSR count). The van der Waals surface area contributed by atoms with E-state index in [9.17, 15) is 0 Å². The van der Waals surface area contributed by atoms with E-state index in [0.717, 1.165) is 6.42 Å². The summed E-state index contributed by atoms with van der Waals surface area (Å²) < 4.78 is 1.26. The van der Waals surface area contributed by atoms with E-state index in [1.807, 2.05) is 0 Å². The molecule has 2 aromatic carbocycles. The Morgan fingerprint density at radius 1 is 0.944 bits per heavy atom. The summed E-state index contributed by atoms with van der Waals surface area (Å²) in [7, 11) is 0. The Balaban J connectivity index is 2.05. The average Bonchev–Trinajstić information content (AvgIpc) is 2.32. The molecule has 0 atom stereocenters. The van der Waals surface area contributed by atoms with Crippen molar-refractivity contribution >= 4 is 28.3 Å². The smallest absolute Gasteiger partial charge is 0.0357 e. The van der Waals surface area contributed by atoms with Crippen molar-refractivity contribution in [2.45, 2.75) is 25.8 Å². The molecule has 2 aromatic rings. The first-order chi connectivity index (χ1) is 8.55. The maximum absolute atomic E-state index is 3.59. The van der Waals surface area contributed by atoms with Gasteiger partial charge in [0.2, 0.25) is 0 Å². The minimum atomic E-state index is 0.0497. The SMILES string of the molecule is CC(C)(Cc1ccccc1)Nc1ccc(I)cc1. The number of halogens is 1. The van der Waals surface area contributed by atoms with Crippen LogP contribution in [0.3, 0.4) is 0 Å². The Kier molecular flexibility index (Phi) is 4.27. The summed E-state index contributed by atoms with van der Waals surface area (Å²) in [5.41, 5.74) is 2.59. The molecule has 2 heteroatoms. The highest BCUT2D eigenvalue weighted by molar-refractivity contribution is 14.1. The molecule has 0 unspecified atom stereocenters. The van der Waals surface area contributed by atoms with Gasteiger partial charge < -0.3 is 5.32 Å². The Morgan fingerprint density at radius 2 is 1.56 bits per heavy atom. The third-order valence-corrected chi connectivity index (χ3v) is 3.54. The second-order valence-electron chi connectivity index (χ2n) is 5.18. The van der Waals surface area contributed by atoms with Crippen LogP contribution in [0.1, 0.15) is 19.4 Å². The van der Waals surface area contributed by atoms with E-state index in [-0.39, 0.29) is 5.54 Å². The van der Waals surface area contributed by atoms with Gasteiger partial charge in [-0.15, -0.1) is 0 Å². The zero-order chi connectivity index (χ0) is 13.0. The number of rotatable bonds is 4. The topological polar surface area (TPSA) is 12.0 Å². The Hall–Kier alpha value is -1.03. The van der Waals surface area contributed by atoms with Crippen LogP contribution in [0.4, 0.5) is 5.69 Å². The molecule has 0 saturated heterocycles. The van der Waals surface area contributed by atoms with Crippen LogP contribution in [-0.4, -0.2) is 5.54 Å². The normalized spacial score (nSPS) is 11.3. The molecule has 0 amide bonds. The van der Waals surface area contributed by atoms with Crippen molar-refractivity contribution in [3.63, 3.8) is 0 Å². The van der Waals surface area contributed by atoms with Gasteiger partial charge >= 0.3 is 0 Å². The highest BCUT2D eigenvalue weighted by atomic mass is 127. The molecule has 1 N–H and O–H groups in total. The lowest BCUT2D eigenvalue weighted by Gasteiger charge is -2.28. The van der Waals surface area contributed by atoms with Crippen LogP contribution >= 0.6 is 22.6 Å². The van der Waals surface area contributed by atoms with Gasteiger partial charge in [-0.05, 0) is 72.7 Å². The fraction of sp³-hybridized carbons (Fsp3) is 0.250. The summed E-state index contributed by atoms with van der Waals surface area (Å²) in [4.78, 5) is 0. The summed E-state index contributed by atoms with van der Waals surface area (Å²) in [6, 6.07) is 19.1. The fourth-order valence-corrected chi connectivity index (χ4v) is 2.43. The van der Waals surface area contributed by atoms with Crippen LogP contribution in [0.25, 0.3) is 0 Å². The average molecular weight is 351 g/mol. The molecule has 1 nitrogen and oxygen atoms in total. The van der Waals surface area contributed by atoms with Crippen molar-refractivity contribution in [1.82, 2.24) is 0 Å². The van der Waals surface area contributed by atoms with E-state index in [4.69, 9.17) is 0 Å². The zero-order valence-electron chi connectivity index (χ0n) is 10.8. The molecular formula is C16H18IN. The molecule has 0 heterocycles. The van der Waals surface area contributed by atoms with Crippen LogP contribution < -0.4 is 5.32 Å². The Bertz CT molecular complexity index is 488. The van der Waals surface area contributed by atoms with E-state index in [1.165, 1.54) is 14.8 Å². The van der Waals surface area contributed by atoms with Crippen molar-refractivity contribution in [3.05, 3.63) is 63.7 Å². The van der Waals surface area contributed by atoms with Gasteiger partial charge in [-0.25, -0.2) is 0 Å². The molecule has 0 aromatic heterocycles. The summed E-state index contributed by atoms with van der Waals surface area (Å²) in [5, 5.41) is 3.59. The highest BCUT2D eigenvalue weighted by Gasteiger charge is 2.17. The monoisotopic (exact) mass is 351 g/mol. The van der Waals surface area contributed by atoms with Crippen molar-refractivity contribution < 1.29 is 0 Å². The van der Waals surface area contributed by atoms with Crippen molar-refractivity contribution in [1.29, 1.82) is 0 Å². The Labute approximate surface area is 123 Å². The third kappa shape index (κ3) is 4.02. The first-order valence-corrected chi connectivity index (χ1v) is 7.21. The van der Waals surface area contributed by atoms with Crippen LogP contribution in [-0.2, 0) is 6.42 Å². The molecule has 0 radical (unpaired) electrons. The first kappa shape index (κ1) is 13.4. The second kappa shape index (κ2) is 5.74. The summed E-state index contributed by atoms with van der Waals surface area (Å²) >= 11 is 2.32. The number of benzene rings is 2. The van der Waals surface area contributed by atoms with Gasteiger partial charge in [-0.2, -0.15) is 0 Å². The summed E-state index contributed by atoms with van der Waals surface area (Å²) in [6.45, 7) is 4.47. The molecule has 0 aliphatic heterocycles. The van der Waals surface area contributed by atoms with Gasteiger partial charge in [0.25, 0.3) is 0 Å². The minimum Gasteiger partial charge on any atom is -0.380 e. The molecule has 0 saturated carbocycles. The highest BCUT2D eigenvalue weighted by Crippen LogP contribution is 2.20. The number of hydrogen-bond acceptors (Lipinski definition) is 1.